The average molecular weight is 323 g/mol. The lowest BCUT2D eigenvalue weighted by molar-refractivity contribution is 0.601. The van der Waals surface area contributed by atoms with Gasteiger partial charge < -0.3 is 5.32 Å². The van der Waals surface area contributed by atoms with Crippen LogP contribution in [0.25, 0.3) is 0 Å². The molecule has 0 fully saturated rings. The minimum atomic E-state index is -3.63. The Kier molecular flexibility index (Phi) is 3.78. The van der Waals surface area contributed by atoms with Crippen LogP contribution in [0.1, 0.15) is 12.0 Å². The van der Waals surface area contributed by atoms with Crippen molar-refractivity contribution in [2.75, 3.05) is 16.6 Å². The molecule has 0 bridgehead atoms. The van der Waals surface area contributed by atoms with Crippen molar-refractivity contribution >= 4 is 33.0 Å². The summed E-state index contributed by atoms with van der Waals surface area (Å²) in [6.07, 6.45) is 1.90. The number of nitrogens with one attached hydrogen (secondary N) is 2. The molecule has 0 saturated carbocycles. The second kappa shape index (κ2) is 5.58. The highest BCUT2D eigenvalue weighted by Gasteiger charge is 2.18. The molecule has 1 aliphatic rings. The molecule has 2 N–H and O–H groups in total. The zero-order chi connectivity index (χ0) is 14.9. The average Bonchev–Trinajstić information content (AvgIpc) is 2.49. The van der Waals surface area contributed by atoms with Crippen molar-refractivity contribution in [3.05, 3.63) is 53.1 Å². The fourth-order valence-corrected chi connectivity index (χ4v) is 3.74. The molecule has 6 heteroatoms. The maximum Gasteiger partial charge on any atom is 0.261 e. The van der Waals surface area contributed by atoms with E-state index in [0.717, 1.165) is 30.6 Å². The molecule has 0 aliphatic carbocycles. The Balaban J connectivity index is 1.93. The quantitative estimate of drug-likeness (QED) is 0.909. The van der Waals surface area contributed by atoms with Crippen molar-refractivity contribution < 1.29 is 8.42 Å². The largest absolute Gasteiger partial charge is 0.385 e. The van der Waals surface area contributed by atoms with Crippen LogP contribution in [0, 0.1) is 0 Å². The first-order valence-electron chi connectivity index (χ1n) is 6.70. The van der Waals surface area contributed by atoms with Crippen LogP contribution in [-0.4, -0.2) is 15.0 Å². The highest BCUT2D eigenvalue weighted by molar-refractivity contribution is 7.92. The summed E-state index contributed by atoms with van der Waals surface area (Å²) in [6.45, 7) is 0.928. The minimum Gasteiger partial charge on any atom is -0.385 e. The Morgan fingerprint density at radius 2 is 1.95 bits per heavy atom. The van der Waals surface area contributed by atoms with E-state index in [0.29, 0.717) is 10.7 Å². The van der Waals surface area contributed by atoms with Crippen LogP contribution in [0.15, 0.2) is 47.4 Å². The van der Waals surface area contributed by atoms with E-state index in [9.17, 15) is 8.42 Å². The van der Waals surface area contributed by atoms with Gasteiger partial charge in [0.1, 0.15) is 0 Å². The summed E-state index contributed by atoms with van der Waals surface area (Å²) in [5.74, 6) is 0. The van der Waals surface area contributed by atoms with Gasteiger partial charge in [-0.1, -0.05) is 23.7 Å². The molecular weight excluding hydrogens is 308 g/mol. The first-order valence-corrected chi connectivity index (χ1v) is 8.56. The van der Waals surface area contributed by atoms with Gasteiger partial charge in [-0.15, -0.1) is 0 Å². The number of benzene rings is 2. The van der Waals surface area contributed by atoms with Crippen molar-refractivity contribution in [3.63, 3.8) is 0 Å². The highest BCUT2D eigenvalue weighted by Crippen LogP contribution is 2.27. The summed E-state index contributed by atoms with van der Waals surface area (Å²) in [5, 5.41) is 3.64. The van der Waals surface area contributed by atoms with Gasteiger partial charge in [0, 0.05) is 12.2 Å². The highest BCUT2D eigenvalue weighted by atomic mass is 35.5. The number of hydrogen-bond acceptors (Lipinski definition) is 3. The van der Waals surface area contributed by atoms with Gasteiger partial charge in [0.15, 0.2) is 0 Å². The van der Waals surface area contributed by atoms with Crippen LogP contribution < -0.4 is 10.0 Å². The summed E-state index contributed by atoms with van der Waals surface area (Å²) < 4.78 is 27.4. The second-order valence-corrected chi connectivity index (χ2v) is 7.02. The normalized spacial score (nSPS) is 14.1. The molecule has 110 valence electrons. The summed E-state index contributed by atoms with van der Waals surface area (Å²) >= 11 is 6.00. The first-order chi connectivity index (χ1) is 10.1. The zero-order valence-corrected chi connectivity index (χ0v) is 12.8. The predicted molar refractivity (Wildman–Crippen MR) is 85.5 cm³/mol. The van der Waals surface area contributed by atoms with Gasteiger partial charge in [0.05, 0.1) is 15.6 Å². The third-order valence-electron chi connectivity index (χ3n) is 3.44. The van der Waals surface area contributed by atoms with Crippen molar-refractivity contribution in [2.24, 2.45) is 0 Å². The minimum absolute atomic E-state index is 0.255. The standard InChI is InChI=1S/C15H15ClN2O2S/c16-13-5-1-2-6-15(13)18-21(19,20)12-7-8-14-11(10-12)4-3-9-17-14/h1-2,5-8,10,17-18H,3-4,9H2. The van der Waals surface area contributed by atoms with Gasteiger partial charge in [-0.2, -0.15) is 0 Å². The molecule has 0 atom stereocenters. The molecule has 0 unspecified atom stereocenters. The van der Waals surface area contributed by atoms with Crippen molar-refractivity contribution in [1.29, 1.82) is 0 Å². The van der Waals surface area contributed by atoms with Gasteiger partial charge in [0.2, 0.25) is 0 Å². The number of fused-ring (bicyclic) bond motifs is 1. The van der Waals surface area contributed by atoms with Crippen LogP contribution in [-0.2, 0) is 16.4 Å². The fourth-order valence-electron chi connectivity index (χ4n) is 2.37. The van der Waals surface area contributed by atoms with Gasteiger partial charge in [-0.05, 0) is 48.7 Å². The number of anilines is 2. The second-order valence-electron chi connectivity index (χ2n) is 4.93. The number of hydrogen-bond donors (Lipinski definition) is 2. The number of rotatable bonds is 3. The Morgan fingerprint density at radius 1 is 1.14 bits per heavy atom. The molecule has 21 heavy (non-hydrogen) atoms. The molecule has 0 amide bonds. The molecule has 2 aromatic rings. The van der Waals surface area contributed by atoms with Crippen molar-refractivity contribution in [1.82, 2.24) is 0 Å². The molecule has 4 nitrogen and oxygen atoms in total. The maximum atomic E-state index is 12.4. The molecule has 2 aromatic carbocycles. The molecule has 1 aliphatic heterocycles. The number of halogens is 1. The SMILES string of the molecule is O=S(=O)(Nc1ccccc1Cl)c1ccc2c(c1)CCCN2. The van der Waals surface area contributed by atoms with Crippen LogP contribution >= 0.6 is 11.6 Å². The van der Waals surface area contributed by atoms with Crippen LogP contribution in [0.5, 0.6) is 0 Å². The van der Waals surface area contributed by atoms with Gasteiger partial charge in [-0.25, -0.2) is 8.42 Å². The van der Waals surface area contributed by atoms with E-state index in [1.807, 2.05) is 6.07 Å². The number of para-hydroxylation sites is 1. The third kappa shape index (κ3) is 2.99. The number of aryl methyl sites for hydroxylation is 1. The van der Waals surface area contributed by atoms with E-state index in [1.165, 1.54) is 0 Å². The molecule has 0 saturated heterocycles. The molecule has 1 heterocycles. The Hall–Kier alpha value is -1.72. The van der Waals surface area contributed by atoms with E-state index >= 15 is 0 Å². The summed E-state index contributed by atoms with van der Waals surface area (Å²) in [5.41, 5.74) is 2.43. The van der Waals surface area contributed by atoms with Crippen molar-refractivity contribution in [2.45, 2.75) is 17.7 Å². The lowest BCUT2D eigenvalue weighted by Crippen LogP contribution is -2.16. The molecule has 3 rings (SSSR count). The number of sulfonamides is 1. The summed E-state index contributed by atoms with van der Waals surface area (Å²) in [7, 11) is -3.63. The Bertz CT molecular complexity index is 775. The van der Waals surface area contributed by atoms with Crippen LogP contribution in [0.4, 0.5) is 11.4 Å². The van der Waals surface area contributed by atoms with E-state index in [-0.39, 0.29) is 4.90 Å². The topological polar surface area (TPSA) is 58.2 Å². The molecule has 0 spiro atoms. The predicted octanol–water partition coefficient (Wildman–Crippen LogP) is 3.50. The lowest BCUT2D eigenvalue weighted by atomic mass is 10.0. The summed E-state index contributed by atoms with van der Waals surface area (Å²) in [6, 6.07) is 11.9. The van der Waals surface area contributed by atoms with Crippen molar-refractivity contribution in [3.8, 4) is 0 Å². The lowest BCUT2D eigenvalue weighted by Gasteiger charge is -2.19. The van der Waals surface area contributed by atoms with Crippen LogP contribution in [0.3, 0.4) is 0 Å². The van der Waals surface area contributed by atoms with Gasteiger partial charge in [-0.3, -0.25) is 4.72 Å². The first kappa shape index (κ1) is 14.2. The maximum absolute atomic E-state index is 12.4. The molecule has 0 radical (unpaired) electrons. The van der Waals surface area contributed by atoms with Gasteiger partial charge in [0.25, 0.3) is 10.0 Å². The third-order valence-corrected chi connectivity index (χ3v) is 5.14. The molecular formula is C15H15ClN2O2S. The summed E-state index contributed by atoms with van der Waals surface area (Å²) in [4.78, 5) is 0.255. The van der Waals surface area contributed by atoms with E-state index in [2.05, 4.69) is 10.0 Å². The van der Waals surface area contributed by atoms with Crippen LogP contribution in [0.2, 0.25) is 5.02 Å². The van der Waals surface area contributed by atoms with E-state index in [1.54, 1.807) is 36.4 Å². The fraction of sp³-hybridized carbons (Fsp3) is 0.200. The smallest absolute Gasteiger partial charge is 0.261 e. The van der Waals surface area contributed by atoms with Gasteiger partial charge >= 0.3 is 0 Å². The molecule has 0 aromatic heterocycles. The monoisotopic (exact) mass is 322 g/mol. The van der Waals surface area contributed by atoms with E-state index in [4.69, 9.17) is 11.6 Å². The van der Waals surface area contributed by atoms with E-state index < -0.39 is 10.0 Å². The Morgan fingerprint density at radius 3 is 2.76 bits per heavy atom. The zero-order valence-electron chi connectivity index (χ0n) is 11.3. The Labute approximate surface area is 129 Å².